The molecule has 0 aliphatic heterocycles. The first-order valence-electron chi connectivity index (χ1n) is 6.16. The van der Waals surface area contributed by atoms with Crippen molar-refractivity contribution in [1.29, 1.82) is 0 Å². The molecule has 0 atom stereocenters. The summed E-state index contributed by atoms with van der Waals surface area (Å²) in [6.45, 7) is 0. The van der Waals surface area contributed by atoms with Crippen LogP contribution in [0.2, 0.25) is 0 Å². The van der Waals surface area contributed by atoms with Crippen molar-refractivity contribution in [3.8, 4) is 17.2 Å². The van der Waals surface area contributed by atoms with E-state index in [4.69, 9.17) is 0 Å². The number of anilines is 1. The largest absolute Gasteiger partial charge is 0.504 e. The summed E-state index contributed by atoms with van der Waals surface area (Å²) in [4.78, 5) is -2.11. The molecule has 136 valence electrons. The highest BCUT2D eigenvalue weighted by molar-refractivity contribution is 7.92. The Labute approximate surface area is 137 Å². The average Bonchev–Trinajstić information content (AvgIpc) is 2.54. The van der Waals surface area contributed by atoms with Crippen LogP contribution in [-0.4, -0.2) is 25.7 Å². The predicted octanol–water partition coefficient (Wildman–Crippen LogP) is 2.60. The highest BCUT2D eigenvalue weighted by atomic mass is 32.2. The topological polar surface area (TPSA) is 95.9 Å². The summed E-state index contributed by atoms with van der Waals surface area (Å²) >= 11 is 0. The van der Waals surface area contributed by atoms with E-state index in [0.717, 1.165) is 19.2 Å². The number of phenols is 2. The number of ether oxygens (including phenoxy) is 1. The van der Waals surface area contributed by atoms with E-state index >= 15 is 0 Å². The molecule has 12 heteroatoms. The fourth-order valence-corrected chi connectivity index (χ4v) is 3.07. The number of methoxy groups -OCH3 is 1. The Bertz CT molecular complexity index is 935. The van der Waals surface area contributed by atoms with Gasteiger partial charge < -0.3 is 14.9 Å². The van der Waals surface area contributed by atoms with Crippen LogP contribution in [-0.2, 0) is 10.0 Å². The van der Waals surface area contributed by atoms with Crippen LogP contribution in [0, 0.1) is 29.1 Å². The maximum atomic E-state index is 13.7. The molecule has 2 aromatic carbocycles. The van der Waals surface area contributed by atoms with Crippen LogP contribution in [0.1, 0.15) is 0 Å². The fourth-order valence-electron chi connectivity index (χ4n) is 1.86. The minimum Gasteiger partial charge on any atom is -0.504 e. The zero-order chi connectivity index (χ0) is 19.1. The lowest BCUT2D eigenvalue weighted by Gasteiger charge is -2.15. The third-order valence-electron chi connectivity index (χ3n) is 3.00. The Kier molecular flexibility index (Phi) is 4.66. The van der Waals surface area contributed by atoms with E-state index in [0.29, 0.717) is 0 Å². The van der Waals surface area contributed by atoms with Gasteiger partial charge in [0, 0.05) is 0 Å². The maximum absolute atomic E-state index is 13.7. The first-order chi connectivity index (χ1) is 11.5. The normalized spacial score (nSPS) is 11.4. The number of aromatic hydroxyl groups is 2. The van der Waals surface area contributed by atoms with Gasteiger partial charge in [-0.15, -0.1) is 0 Å². The number of benzene rings is 2. The molecular weight excluding hydrogens is 377 g/mol. The van der Waals surface area contributed by atoms with Gasteiger partial charge in [-0.05, 0) is 12.1 Å². The van der Waals surface area contributed by atoms with Crippen LogP contribution in [0.15, 0.2) is 17.0 Å². The van der Waals surface area contributed by atoms with Crippen LogP contribution in [0.4, 0.5) is 27.6 Å². The third-order valence-corrected chi connectivity index (χ3v) is 4.38. The van der Waals surface area contributed by atoms with E-state index in [1.54, 1.807) is 0 Å². The molecule has 0 aromatic heterocycles. The maximum Gasteiger partial charge on any atom is 0.268 e. The molecule has 0 bridgehead atoms. The Morgan fingerprint density at radius 2 is 1.40 bits per heavy atom. The molecule has 25 heavy (non-hydrogen) atoms. The zero-order valence-electron chi connectivity index (χ0n) is 12.1. The van der Waals surface area contributed by atoms with Crippen molar-refractivity contribution >= 4 is 15.7 Å². The lowest BCUT2D eigenvalue weighted by atomic mass is 10.2. The first kappa shape index (κ1) is 18.6. The summed E-state index contributed by atoms with van der Waals surface area (Å²) in [6, 6.07) is 1.63. The second-order valence-electron chi connectivity index (χ2n) is 4.52. The number of rotatable bonds is 4. The molecule has 0 saturated heterocycles. The summed E-state index contributed by atoms with van der Waals surface area (Å²) in [5.74, 6) is -14.8. The SMILES string of the molecule is COc1c(NS(=O)(=O)c2c(F)c(F)c(F)c(F)c2F)ccc(O)c1O. The van der Waals surface area contributed by atoms with Crippen LogP contribution in [0.25, 0.3) is 0 Å². The van der Waals surface area contributed by atoms with Crippen molar-refractivity contribution in [2.75, 3.05) is 11.8 Å². The van der Waals surface area contributed by atoms with E-state index in [1.165, 1.54) is 4.72 Å². The van der Waals surface area contributed by atoms with Crippen molar-refractivity contribution in [3.63, 3.8) is 0 Å². The summed E-state index contributed by atoms with van der Waals surface area (Å²) in [6.07, 6.45) is 0. The van der Waals surface area contributed by atoms with E-state index in [9.17, 15) is 40.6 Å². The fraction of sp³-hybridized carbons (Fsp3) is 0.0769. The molecule has 0 fully saturated rings. The standard InChI is InChI=1S/C13H8F5NO5S/c1-24-12-4(2-3-5(20)11(12)21)19-25(22,23)13-9(17)7(15)6(14)8(16)10(13)18/h2-3,19-21H,1H3. The molecule has 0 unspecified atom stereocenters. The summed E-state index contributed by atoms with van der Waals surface area (Å²) in [5, 5.41) is 18.8. The van der Waals surface area contributed by atoms with Gasteiger partial charge in [0.1, 0.15) is 0 Å². The van der Waals surface area contributed by atoms with Gasteiger partial charge in [0.2, 0.25) is 11.6 Å². The van der Waals surface area contributed by atoms with Crippen molar-refractivity contribution in [3.05, 3.63) is 41.2 Å². The minimum atomic E-state index is -5.32. The molecular formula is C13H8F5NO5S. The molecule has 0 aliphatic carbocycles. The van der Waals surface area contributed by atoms with Crippen LogP contribution >= 0.6 is 0 Å². The lowest BCUT2D eigenvalue weighted by molar-refractivity contribution is 0.352. The van der Waals surface area contributed by atoms with Crippen LogP contribution in [0.5, 0.6) is 17.2 Å². The van der Waals surface area contributed by atoms with Gasteiger partial charge in [-0.3, -0.25) is 4.72 Å². The quantitative estimate of drug-likeness (QED) is 0.247. The second-order valence-corrected chi connectivity index (χ2v) is 6.14. The smallest absolute Gasteiger partial charge is 0.268 e. The molecule has 0 radical (unpaired) electrons. The van der Waals surface area contributed by atoms with Gasteiger partial charge in [0.15, 0.2) is 39.7 Å². The average molecular weight is 385 g/mol. The van der Waals surface area contributed by atoms with E-state index in [-0.39, 0.29) is 0 Å². The molecule has 2 aromatic rings. The number of hydrogen-bond donors (Lipinski definition) is 3. The van der Waals surface area contributed by atoms with Gasteiger partial charge in [-0.2, -0.15) is 0 Å². The third kappa shape index (κ3) is 2.99. The summed E-state index contributed by atoms with van der Waals surface area (Å²) < 4.78 is 97.0. The second kappa shape index (κ2) is 6.27. The van der Waals surface area contributed by atoms with E-state index in [1.807, 2.05) is 0 Å². The van der Waals surface area contributed by atoms with Gasteiger partial charge in [0.05, 0.1) is 12.8 Å². The Hall–Kier alpha value is -2.76. The Morgan fingerprint density at radius 1 is 0.920 bits per heavy atom. The molecule has 0 heterocycles. The molecule has 0 amide bonds. The first-order valence-corrected chi connectivity index (χ1v) is 7.64. The molecule has 2 rings (SSSR count). The van der Waals surface area contributed by atoms with Crippen molar-refractivity contribution in [2.45, 2.75) is 4.90 Å². The Balaban J connectivity index is 2.65. The van der Waals surface area contributed by atoms with Gasteiger partial charge in [-0.1, -0.05) is 0 Å². The zero-order valence-corrected chi connectivity index (χ0v) is 12.9. The predicted molar refractivity (Wildman–Crippen MR) is 73.4 cm³/mol. The molecule has 6 nitrogen and oxygen atoms in total. The highest BCUT2D eigenvalue weighted by Crippen LogP contribution is 2.42. The van der Waals surface area contributed by atoms with Crippen molar-refractivity contribution in [2.24, 2.45) is 0 Å². The molecule has 0 spiro atoms. The summed E-state index contributed by atoms with van der Waals surface area (Å²) in [7, 11) is -4.36. The Morgan fingerprint density at radius 3 is 1.88 bits per heavy atom. The van der Waals surface area contributed by atoms with Gasteiger partial charge >= 0.3 is 0 Å². The molecule has 0 aliphatic rings. The lowest BCUT2D eigenvalue weighted by Crippen LogP contribution is -2.19. The number of phenolic OH excluding ortho intramolecular Hbond substituents is 2. The van der Waals surface area contributed by atoms with E-state index < -0.39 is 66.9 Å². The number of hydrogen-bond acceptors (Lipinski definition) is 5. The van der Waals surface area contributed by atoms with Gasteiger partial charge in [-0.25, -0.2) is 30.4 Å². The number of sulfonamides is 1. The van der Waals surface area contributed by atoms with Crippen molar-refractivity contribution in [1.82, 2.24) is 0 Å². The molecule has 3 N–H and O–H groups in total. The molecule has 0 saturated carbocycles. The minimum absolute atomic E-state index is 0.623. The van der Waals surface area contributed by atoms with Crippen LogP contribution in [0.3, 0.4) is 0 Å². The number of nitrogens with one attached hydrogen (secondary N) is 1. The monoisotopic (exact) mass is 385 g/mol. The van der Waals surface area contributed by atoms with Crippen molar-refractivity contribution < 1.29 is 45.3 Å². The highest BCUT2D eigenvalue weighted by Gasteiger charge is 2.34. The summed E-state index contributed by atoms with van der Waals surface area (Å²) in [5.41, 5.74) is -0.623. The number of halogens is 5. The van der Waals surface area contributed by atoms with E-state index in [2.05, 4.69) is 4.74 Å². The van der Waals surface area contributed by atoms with Gasteiger partial charge in [0.25, 0.3) is 10.0 Å². The van der Waals surface area contributed by atoms with Crippen LogP contribution < -0.4 is 9.46 Å².